The molecule has 7 heteroatoms. The van der Waals surface area contributed by atoms with Gasteiger partial charge in [-0.25, -0.2) is 0 Å². The Morgan fingerprint density at radius 3 is 2.16 bits per heavy atom. The molecule has 0 radical (unpaired) electrons. The van der Waals surface area contributed by atoms with Crippen LogP contribution in [0.15, 0.2) is 36.4 Å². The number of thiocarbonyl (C=S) groups is 2. The molecule has 0 heterocycles. The molecule has 0 atom stereocenters. The van der Waals surface area contributed by atoms with Gasteiger partial charge in [-0.05, 0) is 11.5 Å². The Bertz CT molecular complexity index is 630. The molecular weight excluding hydrogens is 366 g/mol. The zero-order chi connectivity index (χ0) is 13.1. The fourth-order valence-corrected chi connectivity index (χ4v) is 2.15. The topological polar surface area (TPSA) is 24.1 Å². The minimum atomic E-state index is 0. The summed E-state index contributed by atoms with van der Waals surface area (Å²) in [5.74, 6) is 0. The van der Waals surface area contributed by atoms with Gasteiger partial charge >= 0.3 is 19.5 Å². The van der Waals surface area contributed by atoms with Crippen LogP contribution in [0.2, 0.25) is 0 Å². The van der Waals surface area contributed by atoms with E-state index in [1.807, 2.05) is 36.4 Å². The van der Waals surface area contributed by atoms with Crippen LogP contribution in [0.1, 0.15) is 0 Å². The van der Waals surface area contributed by atoms with Crippen LogP contribution in [0.5, 0.6) is 0 Å². The van der Waals surface area contributed by atoms with Gasteiger partial charge in [0.15, 0.2) is 0 Å². The summed E-state index contributed by atoms with van der Waals surface area (Å²) in [5.41, 5.74) is 1.58. The van der Waals surface area contributed by atoms with Crippen molar-refractivity contribution in [3.05, 3.63) is 36.4 Å². The molecule has 19 heavy (non-hydrogen) atoms. The van der Waals surface area contributed by atoms with Gasteiger partial charge in [0.25, 0.3) is 0 Å². The van der Waals surface area contributed by atoms with Gasteiger partial charge in [-0.1, -0.05) is 39.0 Å². The number of benzene rings is 2. The number of nitrogens with one attached hydrogen (secondary N) is 2. The molecule has 0 aromatic heterocycles. The van der Waals surface area contributed by atoms with Crippen molar-refractivity contribution in [3.8, 4) is 0 Å². The molecule has 2 N–H and O–H groups in total. The molecule has 0 saturated carbocycles. The first-order chi connectivity index (χ1) is 8.58. The van der Waals surface area contributed by atoms with Crippen LogP contribution in [-0.2, 0) is 44.7 Å². The summed E-state index contributed by atoms with van der Waals surface area (Å²) in [6, 6.07) is 11.8. The van der Waals surface area contributed by atoms with Crippen LogP contribution < -0.4 is 10.6 Å². The van der Waals surface area contributed by atoms with E-state index in [0.29, 0.717) is 0 Å². The van der Waals surface area contributed by atoms with Crippen molar-refractivity contribution < 1.29 is 19.5 Å². The van der Waals surface area contributed by atoms with E-state index in [-0.39, 0.29) is 28.1 Å². The Kier molecular flexibility index (Phi) is 6.43. The molecule has 92 valence electrons. The first-order valence-corrected chi connectivity index (χ1v) is 6.69. The SMILES string of the molecule is S=C([S-])Nc1ccc2ccccc2c1NC(=S)[S-].[Zn+2]. The van der Waals surface area contributed by atoms with Crippen LogP contribution in [0.4, 0.5) is 11.4 Å². The summed E-state index contributed by atoms with van der Waals surface area (Å²) in [5, 5.41) is 8.05. The summed E-state index contributed by atoms with van der Waals surface area (Å²) in [6.45, 7) is 0. The van der Waals surface area contributed by atoms with Crippen LogP contribution in [0.25, 0.3) is 10.8 Å². The minimum Gasteiger partial charge on any atom is -0.411 e. The van der Waals surface area contributed by atoms with E-state index in [2.05, 4.69) is 10.6 Å². The Labute approximate surface area is 146 Å². The van der Waals surface area contributed by atoms with Gasteiger partial charge in [0.2, 0.25) is 0 Å². The molecular formula is C12H8N2S4Zn. The van der Waals surface area contributed by atoms with E-state index in [0.717, 1.165) is 22.1 Å². The molecule has 0 bridgehead atoms. The van der Waals surface area contributed by atoms with Gasteiger partial charge in [-0.2, -0.15) is 0 Å². The third kappa shape index (κ3) is 4.26. The van der Waals surface area contributed by atoms with Crippen molar-refractivity contribution in [2.75, 3.05) is 10.6 Å². The quantitative estimate of drug-likeness (QED) is 0.476. The van der Waals surface area contributed by atoms with E-state index < -0.39 is 0 Å². The van der Waals surface area contributed by atoms with E-state index in [1.165, 1.54) is 0 Å². The molecule has 0 saturated heterocycles. The number of hydrogen-bond acceptors (Lipinski definition) is 4. The number of hydrogen-bond donors (Lipinski definition) is 2. The second kappa shape index (κ2) is 7.36. The predicted molar refractivity (Wildman–Crippen MR) is 91.1 cm³/mol. The van der Waals surface area contributed by atoms with Gasteiger partial charge in [0.1, 0.15) is 0 Å². The van der Waals surface area contributed by atoms with Crippen molar-refractivity contribution in [3.63, 3.8) is 0 Å². The summed E-state index contributed by atoms with van der Waals surface area (Å²) < 4.78 is 0.563. The van der Waals surface area contributed by atoms with E-state index in [9.17, 15) is 0 Å². The van der Waals surface area contributed by atoms with Gasteiger partial charge in [0.05, 0.1) is 11.4 Å². The maximum atomic E-state index is 4.93. The molecule has 2 rings (SSSR count). The first-order valence-electron chi connectivity index (χ1n) is 5.05. The van der Waals surface area contributed by atoms with Crippen LogP contribution in [0.3, 0.4) is 0 Å². The second-order valence-corrected chi connectivity index (χ2v) is 5.68. The first kappa shape index (κ1) is 16.6. The van der Waals surface area contributed by atoms with Crippen LogP contribution in [0, 0.1) is 0 Å². The monoisotopic (exact) mass is 372 g/mol. The van der Waals surface area contributed by atoms with E-state index in [4.69, 9.17) is 49.7 Å². The fraction of sp³-hybridized carbons (Fsp3) is 0. The molecule has 0 spiro atoms. The van der Waals surface area contributed by atoms with Gasteiger partial charge in [0, 0.05) is 5.39 Å². The molecule has 2 aromatic rings. The smallest absolute Gasteiger partial charge is 0.411 e. The van der Waals surface area contributed by atoms with Crippen LogP contribution >= 0.6 is 24.4 Å². The van der Waals surface area contributed by atoms with Crippen molar-refractivity contribution in [1.29, 1.82) is 0 Å². The molecule has 0 aliphatic heterocycles. The van der Waals surface area contributed by atoms with Gasteiger partial charge in [-0.3, -0.25) is 0 Å². The molecule has 0 amide bonds. The van der Waals surface area contributed by atoms with Crippen molar-refractivity contribution in [1.82, 2.24) is 0 Å². The van der Waals surface area contributed by atoms with Crippen molar-refractivity contribution in [2.24, 2.45) is 0 Å². The Morgan fingerprint density at radius 2 is 1.53 bits per heavy atom. The summed E-state index contributed by atoms with van der Waals surface area (Å²) in [7, 11) is 0. The minimum absolute atomic E-state index is 0. The molecule has 2 aromatic carbocycles. The average molecular weight is 374 g/mol. The Balaban J connectivity index is 0.00000180. The summed E-state index contributed by atoms with van der Waals surface area (Å²) >= 11 is 19.6. The maximum absolute atomic E-state index is 4.93. The third-order valence-corrected chi connectivity index (χ3v) is 2.80. The fourth-order valence-electron chi connectivity index (χ4n) is 1.72. The van der Waals surface area contributed by atoms with E-state index >= 15 is 0 Å². The average Bonchev–Trinajstić information content (AvgIpc) is 2.31. The molecule has 0 fully saturated rings. The van der Waals surface area contributed by atoms with Crippen molar-refractivity contribution >= 4 is 80.5 Å². The largest absolute Gasteiger partial charge is 2.00 e. The van der Waals surface area contributed by atoms with E-state index in [1.54, 1.807) is 0 Å². The molecule has 0 aliphatic carbocycles. The zero-order valence-electron chi connectivity index (χ0n) is 9.80. The Morgan fingerprint density at radius 1 is 0.895 bits per heavy atom. The standard InChI is InChI=1S/C12H10N2S4.Zn/c15-11(16)13-9-6-5-7-3-1-2-4-8(7)10(9)14-12(17)18;/h1-6H,(H2,13,15,16)(H2,14,17,18);/q;+2/p-2. The zero-order valence-corrected chi connectivity index (χ0v) is 16.0. The molecule has 0 aliphatic rings. The Hall–Kier alpha value is -0.457. The molecule has 2 nitrogen and oxygen atoms in total. The van der Waals surface area contributed by atoms with Crippen molar-refractivity contribution in [2.45, 2.75) is 0 Å². The normalized spacial score (nSPS) is 9.47. The second-order valence-electron chi connectivity index (χ2n) is 3.53. The summed E-state index contributed by atoms with van der Waals surface area (Å²) in [4.78, 5) is 0. The summed E-state index contributed by atoms with van der Waals surface area (Å²) in [6.07, 6.45) is 0. The molecule has 0 unspecified atom stereocenters. The number of anilines is 2. The number of rotatable bonds is 2. The van der Waals surface area contributed by atoms with Crippen LogP contribution in [-0.4, -0.2) is 8.64 Å². The maximum Gasteiger partial charge on any atom is 2.00 e. The predicted octanol–water partition coefficient (Wildman–Crippen LogP) is 3.32. The van der Waals surface area contributed by atoms with Gasteiger partial charge < -0.3 is 60.3 Å². The number of fused-ring (bicyclic) bond motifs is 1. The van der Waals surface area contributed by atoms with Gasteiger partial charge in [-0.15, -0.1) is 0 Å². The third-order valence-electron chi connectivity index (χ3n) is 2.39.